The molecule has 0 radical (unpaired) electrons. The molecule has 0 aliphatic heterocycles. The Morgan fingerprint density at radius 1 is 1.50 bits per heavy atom. The van der Waals surface area contributed by atoms with E-state index in [1.807, 2.05) is 24.3 Å². The number of carbonyl (C=O) groups excluding carboxylic acids is 1. The maximum Gasteiger partial charge on any atom is 0.338 e. The summed E-state index contributed by atoms with van der Waals surface area (Å²) in [5, 5.41) is 9.86. The van der Waals surface area contributed by atoms with Crippen LogP contribution in [0, 0.1) is 5.92 Å². The van der Waals surface area contributed by atoms with Crippen LogP contribution in [-0.4, -0.2) is 27.8 Å². The third-order valence-corrected chi connectivity index (χ3v) is 3.52. The molecule has 6 nitrogen and oxygen atoms in total. The number of amides is 2. The zero-order chi connectivity index (χ0) is 14.1. The van der Waals surface area contributed by atoms with Crippen LogP contribution in [0.1, 0.15) is 18.1 Å². The van der Waals surface area contributed by atoms with Crippen LogP contribution in [-0.2, 0) is 0 Å². The standard InChI is InChI=1S/C14H15N3O3/c15-14(18)17(19)8-10-6-11(10)13-4-3-12(20-13)9-2-1-5-16-7-9/h1-5,7,10-11,19H,6,8H2,(H2,15,18)/t10-,11+/m0/s1. The number of nitrogens with zero attached hydrogens (tertiary/aromatic N) is 2. The van der Waals surface area contributed by atoms with Crippen LogP contribution in [0.15, 0.2) is 41.1 Å². The number of hydrogen-bond acceptors (Lipinski definition) is 4. The third-order valence-electron chi connectivity index (χ3n) is 3.52. The molecule has 2 aromatic rings. The average molecular weight is 273 g/mol. The van der Waals surface area contributed by atoms with E-state index in [9.17, 15) is 10.0 Å². The summed E-state index contributed by atoms with van der Waals surface area (Å²) in [5.41, 5.74) is 5.91. The Morgan fingerprint density at radius 3 is 3.05 bits per heavy atom. The molecule has 2 aromatic heterocycles. The number of pyridine rings is 1. The van der Waals surface area contributed by atoms with Crippen molar-refractivity contribution in [2.45, 2.75) is 12.3 Å². The largest absolute Gasteiger partial charge is 0.461 e. The minimum atomic E-state index is -0.828. The Morgan fingerprint density at radius 2 is 2.35 bits per heavy atom. The van der Waals surface area contributed by atoms with Crippen LogP contribution in [0.3, 0.4) is 0 Å². The predicted octanol–water partition coefficient (Wildman–Crippen LogP) is 2.21. The molecule has 0 unspecified atom stereocenters. The van der Waals surface area contributed by atoms with Gasteiger partial charge in [-0.1, -0.05) is 0 Å². The molecule has 104 valence electrons. The molecule has 2 amide bonds. The number of hydrogen-bond donors (Lipinski definition) is 2. The molecule has 0 aromatic carbocycles. The zero-order valence-electron chi connectivity index (χ0n) is 10.8. The van der Waals surface area contributed by atoms with Gasteiger partial charge in [-0.05, 0) is 36.6 Å². The molecular weight excluding hydrogens is 258 g/mol. The Labute approximate surface area is 115 Å². The summed E-state index contributed by atoms with van der Waals surface area (Å²) in [5.74, 6) is 2.07. The minimum Gasteiger partial charge on any atom is -0.461 e. The van der Waals surface area contributed by atoms with Gasteiger partial charge < -0.3 is 10.2 Å². The second-order valence-electron chi connectivity index (χ2n) is 4.97. The Hall–Kier alpha value is -2.34. The van der Waals surface area contributed by atoms with Crippen LogP contribution in [0.2, 0.25) is 0 Å². The zero-order valence-corrected chi connectivity index (χ0v) is 10.8. The minimum absolute atomic E-state index is 0.195. The average Bonchev–Trinajstić information content (AvgIpc) is 3.03. The van der Waals surface area contributed by atoms with Gasteiger partial charge in [0.2, 0.25) is 0 Å². The van der Waals surface area contributed by atoms with Crippen molar-refractivity contribution in [1.82, 2.24) is 10.0 Å². The molecule has 20 heavy (non-hydrogen) atoms. The fourth-order valence-electron chi connectivity index (χ4n) is 2.33. The molecular formula is C14H15N3O3. The van der Waals surface area contributed by atoms with Crippen LogP contribution in [0.5, 0.6) is 0 Å². The van der Waals surface area contributed by atoms with Crippen molar-refractivity contribution in [3.05, 3.63) is 42.4 Å². The first-order chi connectivity index (χ1) is 9.65. The topological polar surface area (TPSA) is 92.6 Å². The van der Waals surface area contributed by atoms with E-state index in [1.165, 1.54) is 0 Å². The molecule has 0 saturated heterocycles. The van der Waals surface area contributed by atoms with Gasteiger partial charge in [-0.2, -0.15) is 0 Å². The van der Waals surface area contributed by atoms with Crippen molar-refractivity contribution in [3.63, 3.8) is 0 Å². The van der Waals surface area contributed by atoms with Crippen LogP contribution in [0.25, 0.3) is 11.3 Å². The smallest absolute Gasteiger partial charge is 0.338 e. The van der Waals surface area contributed by atoms with Crippen molar-refractivity contribution in [2.24, 2.45) is 11.7 Å². The highest BCUT2D eigenvalue weighted by Crippen LogP contribution is 2.48. The van der Waals surface area contributed by atoms with Crippen LogP contribution >= 0.6 is 0 Å². The highest BCUT2D eigenvalue weighted by Gasteiger charge is 2.42. The van der Waals surface area contributed by atoms with Gasteiger partial charge in [-0.3, -0.25) is 10.2 Å². The molecule has 1 aliphatic rings. The van der Waals surface area contributed by atoms with Gasteiger partial charge in [0, 0.05) is 23.9 Å². The maximum atomic E-state index is 10.8. The normalized spacial score (nSPS) is 20.6. The van der Waals surface area contributed by atoms with Crippen molar-refractivity contribution < 1.29 is 14.4 Å². The van der Waals surface area contributed by atoms with E-state index in [0.717, 1.165) is 23.5 Å². The lowest BCUT2D eigenvalue weighted by Crippen LogP contribution is -2.34. The number of carbonyl (C=O) groups is 1. The summed E-state index contributed by atoms with van der Waals surface area (Å²) in [6, 6.07) is 6.80. The van der Waals surface area contributed by atoms with Gasteiger partial charge in [-0.15, -0.1) is 0 Å². The molecule has 0 spiro atoms. The lowest BCUT2D eigenvalue weighted by molar-refractivity contribution is -0.0432. The fourth-order valence-corrected chi connectivity index (χ4v) is 2.33. The first-order valence-electron chi connectivity index (χ1n) is 6.41. The Bertz CT molecular complexity index is 611. The van der Waals surface area contributed by atoms with E-state index < -0.39 is 6.03 Å². The first kappa shape index (κ1) is 12.7. The van der Waals surface area contributed by atoms with Crippen molar-refractivity contribution in [3.8, 4) is 11.3 Å². The lowest BCUT2D eigenvalue weighted by Gasteiger charge is -2.10. The molecule has 1 saturated carbocycles. The predicted molar refractivity (Wildman–Crippen MR) is 70.9 cm³/mol. The van der Waals surface area contributed by atoms with Crippen molar-refractivity contribution in [1.29, 1.82) is 0 Å². The van der Waals surface area contributed by atoms with E-state index >= 15 is 0 Å². The third kappa shape index (κ3) is 2.50. The first-order valence-corrected chi connectivity index (χ1v) is 6.41. The summed E-state index contributed by atoms with van der Waals surface area (Å²) in [6.07, 6.45) is 4.34. The highest BCUT2D eigenvalue weighted by molar-refractivity contribution is 5.70. The lowest BCUT2D eigenvalue weighted by atomic mass is 10.2. The SMILES string of the molecule is NC(=O)N(O)C[C@@H]1C[C@H]1c1ccc(-c2cccnc2)o1. The van der Waals surface area contributed by atoms with E-state index in [2.05, 4.69) is 4.98 Å². The van der Waals surface area contributed by atoms with Crippen molar-refractivity contribution in [2.75, 3.05) is 6.54 Å². The summed E-state index contributed by atoms with van der Waals surface area (Å²) in [7, 11) is 0. The van der Waals surface area contributed by atoms with Crippen molar-refractivity contribution >= 4 is 6.03 Å². The number of urea groups is 1. The molecule has 1 fully saturated rings. The number of hydroxylamine groups is 2. The quantitative estimate of drug-likeness (QED) is 0.659. The number of rotatable bonds is 4. The molecule has 2 atom stereocenters. The van der Waals surface area contributed by atoms with E-state index in [0.29, 0.717) is 5.06 Å². The second-order valence-corrected chi connectivity index (χ2v) is 4.97. The number of aromatic nitrogens is 1. The maximum absolute atomic E-state index is 10.8. The molecule has 0 bridgehead atoms. The van der Waals surface area contributed by atoms with Crippen LogP contribution in [0.4, 0.5) is 4.79 Å². The summed E-state index contributed by atoms with van der Waals surface area (Å²) in [6.45, 7) is 0.239. The Kier molecular flexibility index (Phi) is 3.15. The monoisotopic (exact) mass is 273 g/mol. The molecule has 6 heteroatoms. The molecule has 3 rings (SSSR count). The molecule has 3 N–H and O–H groups in total. The van der Waals surface area contributed by atoms with E-state index in [1.54, 1.807) is 12.4 Å². The number of primary amides is 1. The summed E-state index contributed by atoms with van der Waals surface area (Å²) in [4.78, 5) is 14.8. The van der Waals surface area contributed by atoms with Crippen LogP contribution < -0.4 is 5.73 Å². The number of nitrogens with two attached hydrogens (primary N) is 1. The van der Waals surface area contributed by atoms with Gasteiger partial charge in [0.25, 0.3) is 0 Å². The summed E-state index contributed by atoms with van der Waals surface area (Å²) < 4.78 is 5.81. The van der Waals surface area contributed by atoms with Gasteiger partial charge in [-0.25, -0.2) is 9.86 Å². The number of furan rings is 1. The van der Waals surface area contributed by atoms with E-state index in [4.69, 9.17) is 10.2 Å². The van der Waals surface area contributed by atoms with Gasteiger partial charge in [0.15, 0.2) is 0 Å². The summed E-state index contributed by atoms with van der Waals surface area (Å²) >= 11 is 0. The highest BCUT2D eigenvalue weighted by atomic mass is 16.5. The van der Waals surface area contributed by atoms with Gasteiger partial charge >= 0.3 is 6.03 Å². The van der Waals surface area contributed by atoms with E-state index in [-0.39, 0.29) is 18.4 Å². The molecule has 2 heterocycles. The second kappa shape index (κ2) is 4.97. The molecule has 1 aliphatic carbocycles. The van der Waals surface area contributed by atoms with Gasteiger partial charge in [0.1, 0.15) is 11.5 Å². The Balaban J connectivity index is 1.66. The van der Waals surface area contributed by atoms with Gasteiger partial charge in [0.05, 0.1) is 6.54 Å². The fraction of sp³-hybridized carbons (Fsp3) is 0.286.